The molecule has 4 heteroatoms. The summed E-state index contributed by atoms with van der Waals surface area (Å²) in [6, 6.07) is 20.1. The Morgan fingerprint density at radius 1 is 0.875 bits per heavy atom. The molecule has 0 aliphatic heterocycles. The van der Waals surface area contributed by atoms with E-state index >= 15 is 0 Å². The lowest BCUT2D eigenvalue weighted by Gasteiger charge is -2.06. The molecule has 114 valence electrons. The number of pyridine rings is 2. The maximum absolute atomic E-state index is 5.63. The van der Waals surface area contributed by atoms with Crippen molar-refractivity contribution in [1.82, 2.24) is 14.6 Å². The number of hydrogen-bond acceptors (Lipinski definition) is 3. The summed E-state index contributed by atoms with van der Waals surface area (Å²) in [5.74, 6) is 0.759. The molecule has 4 nitrogen and oxygen atoms in total. The molecule has 0 saturated heterocycles. The highest BCUT2D eigenvalue weighted by Crippen LogP contribution is 2.38. The van der Waals surface area contributed by atoms with Gasteiger partial charge in [-0.15, -0.1) is 0 Å². The third-order valence-corrected chi connectivity index (χ3v) is 4.21. The van der Waals surface area contributed by atoms with Gasteiger partial charge in [0, 0.05) is 23.3 Å². The van der Waals surface area contributed by atoms with Crippen LogP contribution in [0.25, 0.3) is 39.0 Å². The highest BCUT2D eigenvalue weighted by molar-refractivity contribution is 6.02. The summed E-state index contributed by atoms with van der Waals surface area (Å²) < 4.78 is 7.52. The first kappa shape index (κ1) is 13.1. The summed E-state index contributed by atoms with van der Waals surface area (Å²) in [5, 5.41) is 5.84. The Morgan fingerprint density at radius 2 is 1.79 bits per heavy atom. The average molecular weight is 311 g/mol. The van der Waals surface area contributed by atoms with Crippen LogP contribution >= 0.6 is 0 Å². The average Bonchev–Trinajstić information content (AvgIpc) is 3.28. The fraction of sp³-hybridized carbons (Fsp3) is 0. The van der Waals surface area contributed by atoms with Crippen LogP contribution in [-0.2, 0) is 0 Å². The van der Waals surface area contributed by atoms with Crippen LogP contribution in [0, 0.1) is 0 Å². The van der Waals surface area contributed by atoms with Crippen molar-refractivity contribution in [1.29, 1.82) is 0 Å². The highest BCUT2D eigenvalue weighted by atomic mass is 16.3. The van der Waals surface area contributed by atoms with Gasteiger partial charge in [0.05, 0.1) is 17.3 Å². The molecule has 24 heavy (non-hydrogen) atoms. The second kappa shape index (κ2) is 5.06. The SMILES string of the molecule is c1coc(-c2nn3ccccc3c2-c2ccnc3ccccc23)c1. The van der Waals surface area contributed by atoms with E-state index in [4.69, 9.17) is 9.52 Å². The zero-order valence-electron chi connectivity index (χ0n) is 12.8. The summed E-state index contributed by atoms with van der Waals surface area (Å²) in [6.45, 7) is 0. The number of benzene rings is 1. The molecule has 0 aliphatic carbocycles. The maximum Gasteiger partial charge on any atom is 0.154 e. The second-order valence-electron chi connectivity index (χ2n) is 5.61. The number of rotatable bonds is 2. The molecular weight excluding hydrogens is 298 g/mol. The molecule has 0 N–H and O–H groups in total. The molecule has 1 aromatic carbocycles. The fourth-order valence-corrected chi connectivity index (χ4v) is 3.16. The van der Waals surface area contributed by atoms with E-state index in [-0.39, 0.29) is 0 Å². The van der Waals surface area contributed by atoms with Crippen molar-refractivity contribution in [2.75, 3.05) is 0 Å². The first-order valence-electron chi connectivity index (χ1n) is 7.77. The van der Waals surface area contributed by atoms with E-state index < -0.39 is 0 Å². The number of nitrogens with zero attached hydrogens (tertiary/aromatic N) is 3. The van der Waals surface area contributed by atoms with E-state index in [1.807, 2.05) is 65.4 Å². The lowest BCUT2D eigenvalue weighted by Crippen LogP contribution is -1.86. The van der Waals surface area contributed by atoms with Crippen molar-refractivity contribution in [3.63, 3.8) is 0 Å². The van der Waals surface area contributed by atoms with E-state index in [2.05, 4.69) is 17.1 Å². The van der Waals surface area contributed by atoms with Crippen LogP contribution in [0.4, 0.5) is 0 Å². The second-order valence-corrected chi connectivity index (χ2v) is 5.61. The van der Waals surface area contributed by atoms with Crippen LogP contribution in [0.2, 0.25) is 0 Å². The Bertz CT molecular complexity index is 1150. The molecule has 0 spiro atoms. The molecule has 0 fully saturated rings. The quantitative estimate of drug-likeness (QED) is 0.470. The highest BCUT2D eigenvalue weighted by Gasteiger charge is 2.19. The first-order chi connectivity index (χ1) is 11.9. The van der Waals surface area contributed by atoms with Crippen LogP contribution in [0.5, 0.6) is 0 Å². The van der Waals surface area contributed by atoms with Crippen LogP contribution in [-0.4, -0.2) is 14.6 Å². The van der Waals surface area contributed by atoms with Crippen molar-refractivity contribution in [3.8, 4) is 22.6 Å². The van der Waals surface area contributed by atoms with E-state index in [1.165, 1.54) is 0 Å². The van der Waals surface area contributed by atoms with Gasteiger partial charge in [0.25, 0.3) is 0 Å². The van der Waals surface area contributed by atoms with Crippen LogP contribution in [0.3, 0.4) is 0 Å². The van der Waals surface area contributed by atoms with Crippen LogP contribution < -0.4 is 0 Å². The molecular formula is C20H13N3O. The van der Waals surface area contributed by atoms with E-state index in [1.54, 1.807) is 6.26 Å². The minimum Gasteiger partial charge on any atom is -0.463 e. The molecule has 0 saturated carbocycles. The zero-order valence-corrected chi connectivity index (χ0v) is 12.8. The van der Waals surface area contributed by atoms with Gasteiger partial charge in [-0.2, -0.15) is 5.10 Å². The predicted molar refractivity (Wildman–Crippen MR) is 93.6 cm³/mol. The lowest BCUT2D eigenvalue weighted by atomic mass is 9.99. The Kier molecular flexibility index (Phi) is 2.76. The molecule has 0 aliphatic rings. The van der Waals surface area contributed by atoms with Crippen LogP contribution in [0.1, 0.15) is 0 Å². The number of fused-ring (bicyclic) bond motifs is 2. The van der Waals surface area contributed by atoms with Crippen molar-refractivity contribution >= 4 is 16.4 Å². The molecule has 0 bridgehead atoms. The third-order valence-electron chi connectivity index (χ3n) is 4.21. The van der Waals surface area contributed by atoms with Crippen molar-refractivity contribution in [2.45, 2.75) is 0 Å². The van der Waals surface area contributed by atoms with Crippen LogP contribution in [0.15, 0.2) is 83.7 Å². The monoisotopic (exact) mass is 311 g/mol. The predicted octanol–water partition coefficient (Wildman–Crippen LogP) is 4.81. The summed E-state index contributed by atoms with van der Waals surface area (Å²) in [7, 11) is 0. The van der Waals surface area contributed by atoms with Gasteiger partial charge < -0.3 is 4.42 Å². The Hall–Kier alpha value is -3.40. The smallest absolute Gasteiger partial charge is 0.154 e. The summed E-state index contributed by atoms with van der Waals surface area (Å²) in [6.07, 6.45) is 5.47. The summed E-state index contributed by atoms with van der Waals surface area (Å²) >= 11 is 0. The number of hydrogen-bond donors (Lipinski definition) is 0. The summed E-state index contributed by atoms with van der Waals surface area (Å²) in [4.78, 5) is 4.47. The van der Waals surface area contributed by atoms with Gasteiger partial charge in [0.1, 0.15) is 5.69 Å². The summed E-state index contributed by atoms with van der Waals surface area (Å²) in [5.41, 5.74) is 5.01. The minimum atomic E-state index is 0.759. The van der Waals surface area contributed by atoms with Gasteiger partial charge >= 0.3 is 0 Å². The van der Waals surface area contributed by atoms with E-state index in [9.17, 15) is 0 Å². The van der Waals surface area contributed by atoms with E-state index in [0.29, 0.717) is 0 Å². The van der Waals surface area contributed by atoms with E-state index in [0.717, 1.165) is 39.0 Å². The zero-order chi connectivity index (χ0) is 15.9. The molecule has 0 amide bonds. The normalized spacial score (nSPS) is 11.3. The molecule has 0 unspecified atom stereocenters. The Balaban J connectivity index is 1.93. The van der Waals surface area contributed by atoms with Gasteiger partial charge in [-0.25, -0.2) is 4.52 Å². The van der Waals surface area contributed by atoms with Crippen molar-refractivity contribution < 1.29 is 4.42 Å². The standard InChI is InChI=1S/C20H13N3O/c1-2-7-16-14(6-1)15(10-11-21-16)19-17-8-3-4-12-23(17)22-20(19)18-9-5-13-24-18/h1-13H. The first-order valence-corrected chi connectivity index (χ1v) is 7.77. The molecule has 0 atom stereocenters. The molecule has 5 rings (SSSR count). The fourth-order valence-electron chi connectivity index (χ4n) is 3.16. The lowest BCUT2D eigenvalue weighted by molar-refractivity contribution is 0.579. The number of aromatic nitrogens is 3. The number of para-hydroxylation sites is 1. The maximum atomic E-state index is 5.63. The molecule has 4 aromatic heterocycles. The van der Waals surface area contributed by atoms with Gasteiger partial charge in [-0.05, 0) is 42.0 Å². The minimum absolute atomic E-state index is 0.759. The van der Waals surface area contributed by atoms with Crippen molar-refractivity contribution in [2.24, 2.45) is 0 Å². The Morgan fingerprint density at radius 3 is 2.71 bits per heavy atom. The largest absolute Gasteiger partial charge is 0.463 e. The molecule has 0 radical (unpaired) electrons. The third kappa shape index (κ3) is 1.86. The Labute approximate surface area is 138 Å². The van der Waals surface area contributed by atoms with Gasteiger partial charge in [-0.1, -0.05) is 24.3 Å². The topological polar surface area (TPSA) is 43.3 Å². The van der Waals surface area contributed by atoms with Gasteiger partial charge in [0.15, 0.2) is 5.76 Å². The van der Waals surface area contributed by atoms with Crippen molar-refractivity contribution in [3.05, 3.63) is 79.3 Å². The van der Waals surface area contributed by atoms with Gasteiger partial charge in [0.2, 0.25) is 0 Å². The number of furan rings is 1. The van der Waals surface area contributed by atoms with Gasteiger partial charge in [-0.3, -0.25) is 4.98 Å². The molecule has 5 aromatic rings. The molecule has 4 heterocycles.